The monoisotopic (exact) mass is 513 g/mol. The molecular formula is C26H25Cl2N3O4. The first-order valence-electron chi connectivity index (χ1n) is 11.9. The Bertz CT molecular complexity index is 1250. The molecule has 182 valence electrons. The number of benzene rings is 1. The van der Waals surface area contributed by atoms with Crippen LogP contribution in [0.3, 0.4) is 0 Å². The van der Waals surface area contributed by atoms with Crippen LogP contribution < -0.4 is 4.90 Å². The van der Waals surface area contributed by atoms with Crippen LogP contribution in [0.2, 0.25) is 10.0 Å². The van der Waals surface area contributed by atoms with Crippen molar-refractivity contribution in [1.82, 2.24) is 10.1 Å². The van der Waals surface area contributed by atoms with Gasteiger partial charge in [-0.3, -0.25) is 0 Å². The highest BCUT2D eigenvalue weighted by Gasteiger charge is 2.50. The van der Waals surface area contributed by atoms with E-state index in [1.807, 2.05) is 24.3 Å². The van der Waals surface area contributed by atoms with Crippen molar-refractivity contribution >= 4 is 34.9 Å². The van der Waals surface area contributed by atoms with Crippen molar-refractivity contribution in [3.8, 4) is 11.3 Å². The van der Waals surface area contributed by atoms with Gasteiger partial charge in [0.05, 0.1) is 34.6 Å². The van der Waals surface area contributed by atoms with Gasteiger partial charge in [0, 0.05) is 35.0 Å². The number of hydrogen-bond donors (Lipinski definition) is 1. The molecule has 4 atom stereocenters. The predicted octanol–water partition coefficient (Wildman–Crippen LogP) is 6.19. The molecule has 0 radical (unpaired) electrons. The molecule has 0 spiro atoms. The average molecular weight is 514 g/mol. The van der Waals surface area contributed by atoms with E-state index in [0.717, 1.165) is 42.7 Å². The van der Waals surface area contributed by atoms with Gasteiger partial charge in [-0.2, -0.15) is 0 Å². The molecule has 7 nitrogen and oxygen atoms in total. The summed E-state index contributed by atoms with van der Waals surface area (Å²) in [6.45, 7) is 2.61. The zero-order valence-electron chi connectivity index (χ0n) is 19.2. The molecule has 0 unspecified atom stereocenters. The summed E-state index contributed by atoms with van der Waals surface area (Å²) in [7, 11) is 0. The lowest BCUT2D eigenvalue weighted by molar-refractivity contribution is 0.00367. The number of carboxylic acids is 1. The first-order valence-corrected chi connectivity index (χ1v) is 12.7. The van der Waals surface area contributed by atoms with Crippen molar-refractivity contribution in [1.29, 1.82) is 0 Å². The third-order valence-electron chi connectivity index (χ3n) is 7.65. The number of aromatic carboxylic acids is 1. The van der Waals surface area contributed by atoms with Gasteiger partial charge in [-0.15, -0.1) is 0 Å². The third kappa shape index (κ3) is 3.99. The van der Waals surface area contributed by atoms with E-state index >= 15 is 0 Å². The Morgan fingerprint density at radius 3 is 2.60 bits per heavy atom. The molecule has 1 saturated heterocycles. The second kappa shape index (κ2) is 8.80. The maximum absolute atomic E-state index is 11.1. The Hall–Kier alpha value is -2.61. The van der Waals surface area contributed by atoms with E-state index in [0.29, 0.717) is 45.8 Å². The molecule has 3 aliphatic rings. The molecule has 3 aromatic rings. The lowest BCUT2D eigenvalue weighted by Gasteiger charge is -2.38. The number of nitrogens with zero attached hydrogens (tertiary/aromatic N) is 3. The van der Waals surface area contributed by atoms with Crippen LogP contribution in [-0.4, -0.2) is 39.4 Å². The number of rotatable bonds is 7. The van der Waals surface area contributed by atoms with Crippen LogP contribution in [0, 0.1) is 5.92 Å². The molecule has 0 amide bonds. The van der Waals surface area contributed by atoms with Crippen molar-refractivity contribution in [2.45, 2.75) is 63.3 Å². The van der Waals surface area contributed by atoms with E-state index in [-0.39, 0.29) is 17.8 Å². The van der Waals surface area contributed by atoms with Gasteiger partial charge in [0.15, 0.2) is 0 Å². The molecule has 9 heteroatoms. The second-order valence-electron chi connectivity index (χ2n) is 9.74. The lowest BCUT2D eigenvalue weighted by Crippen LogP contribution is -2.45. The van der Waals surface area contributed by atoms with Crippen molar-refractivity contribution < 1.29 is 19.2 Å². The summed E-state index contributed by atoms with van der Waals surface area (Å²) in [4.78, 5) is 17.6. The number of halogens is 2. The number of pyridine rings is 1. The quantitative estimate of drug-likeness (QED) is 0.402. The normalized spacial score (nSPS) is 25.4. The van der Waals surface area contributed by atoms with Crippen molar-refractivity contribution in [2.24, 2.45) is 5.92 Å². The van der Waals surface area contributed by atoms with Crippen LogP contribution in [0.15, 0.2) is 41.1 Å². The van der Waals surface area contributed by atoms with Gasteiger partial charge in [-0.25, -0.2) is 9.78 Å². The molecule has 1 N–H and O–H groups in total. The van der Waals surface area contributed by atoms with Gasteiger partial charge >= 0.3 is 5.97 Å². The first kappa shape index (κ1) is 22.8. The summed E-state index contributed by atoms with van der Waals surface area (Å²) in [5, 5.41) is 14.6. The number of aromatic nitrogens is 2. The molecule has 1 aromatic carbocycles. The van der Waals surface area contributed by atoms with E-state index in [4.69, 9.17) is 37.6 Å². The SMILES string of the molecule is C[C@H]1[C@H]2C[C@H](C[C@@H]2OCc2c(-c3c(Cl)cccc3Cl)noc2C2CC2)N1c1ccc(C(=O)O)nc1. The molecule has 2 saturated carbocycles. The molecule has 3 heterocycles. The Morgan fingerprint density at radius 2 is 1.97 bits per heavy atom. The van der Waals surface area contributed by atoms with Gasteiger partial charge in [0.1, 0.15) is 17.1 Å². The number of carbonyl (C=O) groups is 1. The Morgan fingerprint density at radius 1 is 1.20 bits per heavy atom. The minimum Gasteiger partial charge on any atom is -0.477 e. The van der Waals surface area contributed by atoms with Gasteiger partial charge in [0.2, 0.25) is 0 Å². The first-order chi connectivity index (χ1) is 16.9. The highest BCUT2D eigenvalue weighted by Crippen LogP contribution is 2.48. The molecule has 3 fully saturated rings. The Kier molecular flexibility index (Phi) is 5.74. The summed E-state index contributed by atoms with van der Waals surface area (Å²) in [6.07, 6.45) is 5.90. The fraction of sp³-hybridized carbons (Fsp3) is 0.423. The van der Waals surface area contributed by atoms with E-state index in [2.05, 4.69) is 22.0 Å². The number of anilines is 1. The summed E-state index contributed by atoms with van der Waals surface area (Å²) in [5.74, 6) is 0.624. The Balaban J connectivity index is 1.20. The van der Waals surface area contributed by atoms with E-state index in [9.17, 15) is 4.79 Å². The standard InChI is InChI=1S/C26H25Cl2N3O4/c1-13-17-9-16(31(13)15-7-8-21(26(32)33)29-11-15)10-22(17)34-12-18-24(30-35-25(18)14-5-6-14)23-19(27)3-2-4-20(23)28/h2-4,7-8,11,13-14,16-17,22H,5-6,9-10,12H2,1H3,(H,32,33)/t13-,16+,17+,22-/m0/s1. The predicted molar refractivity (Wildman–Crippen MR) is 132 cm³/mol. The number of piperidine rings is 1. The van der Waals surface area contributed by atoms with Crippen molar-refractivity contribution in [3.05, 3.63) is 63.6 Å². The van der Waals surface area contributed by atoms with Crippen molar-refractivity contribution in [3.63, 3.8) is 0 Å². The summed E-state index contributed by atoms with van der Waals surface area (Å²) in [5.41, 5.74) is 3.32. The lowest BCUT2D eigenvalue weighted by atomic mass is 9.96. The maximum Gasteiger partial charge on any atom is 0.354 e. The highest BCUT2D eigenvalue weighted by molar-refractivity contribution is 6.39. The van der Waals surface area contributed by atoms with Crippen LogP contribution in [-0.2, 0) is 11.3 Å². The zero-order valence-corrected chi connectivity index (χ0v) is 20.7. The second-order valence-corrected chi connectivity index (χ2v) is 10.6. The van der Waals surface area contributed by atoms with Crippen LogP contribution in [0.1, 0.15) is 60.3 Å². The molecular weight excluding hydrogens is 489 g/mol. The minimum absolute atomic E-state index is 0.0570. The van der Waals surface area contributed by atoms with E-state index in [1.165, 1.54) is 0 Å². The third-order valence-corrected chi connectivity index (χ3v) is 8.28. The smallest absolute Gasteiger partial charge is 0.354 e. The highest BCUT2D eigenvalue weighted by atomic mass is 35.5. The van der Waals surface area contributed by atoms with Gasteiger partial charge in [-0.05, 0) is 56.9 Å². The van der Waals surface area contributed by atoms with Gasteiger partial charge in [0.25, 0.3) is 0 Å². The van der Waals surface area contributed by atoms with Gasteiger partial charge < -0.3 is 19.3 Å². The summed E-state index contributed by atoms with van der Waals surface area (Å²) in [6, 6.07) is 9.45. The van der Waals surface area contributed by atoms with Crippen LogP contribution >= 0.6 is 23.2 Å². The van der Waals surface area contributed by atoms with Crippen LogP contribution in [0.5, 0.6) is 0 Å². The topological polar surface area (TPSA) is 88.7 Å². The molecule has 2 aliphatic carbocycles. The number of carboxylic acid groups (broad SMARTS) is 1. The van der Waals surface area contributed by atoms with E-state index in [1.54, 1.807) is 12.3 Å². The molecule has 1 aliphatic heterocycles. The summed E-state index contributed by atoms with van der Waals surface area (Å²) < 4.78 is 12.3. The van der Waals surface area contributed by atoms with Crippen molar-refractivity contribution in [2.75, 3.05) is 4.90 Å². The average Bonchev–Trinajstić information content (AvgIpc) is 3.34. The molecule has 35 heavy (non-hydrogen) atoms. The molecule has 6 rings (SSSR count). The zero-order chi connectivity index (χ0) is 24.3. The van der Waals surface area contributed by atoms with E-state index < -0.39 is 5.97 Å². The summed E-state index contributed by atoms with van der Waals surface area (Å²) >= 11 is 13.0. The largest absolute Gasteiger partial charge is 0.477 e. The fourth-order valence-electron chi connectivity index (χ4n) is 5.82. The Labute approximate surface area is 213 Å². The van der Waals surface area contributed by atoms with Gasteiger partial charge in [-0.1, -0.05) is 34.4 Å². The van der Waals surface area contributed by atoms with Crippen LogP contribution in [0.4, 0.5) is 5.69 Å². The molecule has 2 aromatic heterocycles. The fourth-order valence-corrected chi connectivity index (χ4v) is 6.40. The number of hydrogen-bond acceptors (Lipinski definition) is 6. The molecule has 2 bridgehead atoms. The van der Waals surface area contributed by atoms with Crippen LogP contribution in [0.25, 0.3) is 11.3 Å². The minimum atomic E-state index is -1.02. The number of ether oxygens (including phenoxy) is 1. The maximum atomic E-state index is 11.1. The number of fused-ring (bicyclic) bond motifs is 2.